The van der Waals surface area contributed by atoms with Crippen LogP contribution in [0.3, 0.4) is 0 Å². The van der Waals surface area contributed by atoms with Crippen LogP contribution in [0, 0.1) is 0 Å². The zero-order valence-electron chi connectivity index (χ0n) is 14.1. The maximum absolute atomic E-state index is 12.3. The van der Waals surface area contributed by atoms with Gasteiger partial charge in [0.2, 0.25) is 0 Å². The summed E-state index contributed by atoms with van der Waals surface area (Å²) in [4.78, 5) is 14.2. The standard InChI is InChI=1S/C16H32N2O2/c1-7-9-10-18(14(19)20-8-2)13-11-15(3,4)17-16(5,6)12-13/h13,17H,7-12H2,1-6H3. The average molecular weight is 284 g/mol. The van der Waals surface area contributed by atoms with Crippen molar-refractivity contribution in [3.05, 3.63) is 0 Å². The van der Waals surface area contributed by atoms with Gasteiger partial charge in [-0.05, 0) is 53.9 Å². The number of nitrogens with zero attached hydrogens (tertiary/aromatic N) is 1. The number of hydrogen-bond acceptors (Lipinski definition) is 3. The van der Waals surface area contributed by atoms with Crippen molar-refractivity contribution in [2.75, 3.05) is 13.2 Å². The first-order chi connectivity index (χ1) is 9.21. The number of unbranched alkanes of at least 4 members (excludes halogenated alkanes) is 1. The summed E-state index contributed by atoms with van der Waals surface area (Å²) in [6.07, 6.45) is 3.91. The van der Waals surface area contributed by atoms with Gasteiger partial charge in [0, 0.05) is 23.7 Å². The quantitative estimate of drug-likeness (QED) is 0.839. The Bertz CT molecular complexity index is 310. The number of piperidine rings is 1. The van der Waals surface area contributed by atoms with Crippen LogP contribution in [0.5, 0.6) is 0 Å². The summed E-state index contributed by atoms with van der Waals surface area (Å²) in [5.41, 5.74) is 0.0900. The minimum Gasteiger partial charge on any atom is -0.450 e. The fourth-order valence-electron chi connectivity index (χ4n) is 3.45. The van der Waals surface area contributed by atoms with Crippen LogP contribution in [0.25, 0.3) is 0 Å². The molecule has 1 aliphatic heterocycles. The van der Waals surface area contributed by atoms with Crippen molar-refractivity contribution < 1.29 is 9.53 Å². The van der Waals surface area contributed by atoms with Gasteiger partial charge in [0.25, 0.3) is 0 Å². The van der Waals surface area contributed by atoms with E-state index in [9.17, 15) is 4.79 Å². The fourth-order valence-corrected chi connectivity index (χ4v) is 3.45. The van der Waals surface area contributed by atoms with Crippen LogP contribution in [0.15, 0.2) is 0 Å². The van der Waals surface area contributed by atoms with Crippen molar-refractivity contribution in [1.29, 1.82) is 0 Å². The molecule has 0 radical (unpaired) electrons. The van der Waals surface area contributed by atoms with E-state index in [0.717, 1.165) is 32.2 Å². The van der Waals surface area contributed by atoms with Gasteiger partial charge in [-0.3, -0.25) is 0 Å². The molecule has 0 aromatic carbocycles. The molecule has 0 bridgehead atoms. The van der Waals surface area contributed by atoms with Crippen LogP contribution in [0.2, 0.25) is 0 Å². The average Bonchev–Trinajstić information content (AvgIpc) is 2.25. The van der Waals surface area contributed by atoms with Gasteiger partial charge in [-0.15, -0.1) is 0 Å². The van der Waals surface area contributed by atoms with Crippen molar-refractivity contribution in [2.24, 2.45) is 0 Å². The zero-order chi connectivity index (χ0) is 15.4. The molecule has 118 valence electrons. The molecule has 4 nitrogen and oxygen atoms in total. The molecule has 1 aliphatic rings. The lowest BCUT2D eigenvalue weighted by molar-refractivity contribution is 0.0465. The Labute approximate surface area is 124 Å². The zero-order valence-corrected chi connectivity index (χ0v) is 14.1. The second-order valence-corrected chi connectivity index (χ2v) is 7.20. The normalized spacial score (nSPS) is 21.5. The molecule has 1 fully saturated rings. The van der Waals surface area contributed by atoms with Crippen LogP contribution in [0.1, 0.15) is 67.2 Å². The molecule has 20 heavy (non-hydrogen) atoms. The molecule has 0 atom stereocenters. The van der Waals surface area contributed by atoms with Crippen molar-refractivity contribution in [1.82, 2.24) is 10.2 Å². The topological polar surface area (TPSA) is 41.6 Å². The highest BCUT2D eigenvalue weighted by molar-refractivity contribution is 5.68. The van der Waals surface area contributed by atoms with E-state index in [-0.39, 0.29) is 23.2 Å². The molecule has 1 heterocycles. The third-order valence-electron chi connectivity index (χ3n) is 3.86. The smallest absolute Gasteiger partial charge is 0.409 e. The summed E-state index contributed by atoms with van der Waals surface area (Å²) in [7, 11) is 0. The van der Waals surface area contributed by atoms with E-state index in [1.807, 2.05) is 11.8 Å². The highest BCUT2D eigenvalue weighted by Gasteiger charge is 2.41. The Balaban J connectivity index is 2.85. The third-order valence-corrected chi connectivity index (χ3v) is 3.86. The molecular formula is C16H32N2O2. The SMILES string of the molecule is CCCCN(C(=O)OCC)C1CC(C)(C)NC(C)(C)C1. The van der Waals surface area contributed by atoms with E-state index in [4.69, 9.17) is 4.74 Å². The van der Waals surface area contributed by atoms with E-state index in [1.54, 1.807) is 0 Å². The summed E-state index contributed by atoms with van der Waals surface area (Å²) in [6, 6.07) is 0.256. The van der Waals surface area contributed by atoms with Crippen LogP contribution in [-0.4, -0.2) is 41.3 Å². The third kappa shape index (κ3) is 4.97. The molecule has 0 aromatic rings. The highest BCUT2D eigenvalue weighted by atomic mass is 16.6. The van der Waals surface area contributed by atoms with E-state index >= 15 is 0 Å². The number of carbonyl (C=O) groups excluding carboxylic acids is 1. The molecule has 0 spiro atoms. The number of rotatable bonds is 5. The molecule has 0 aliphatic carbocycles. The van der Waals surface area contributed by atoms with Gasteiger partial charge in [-0.2, -0.15) is 0 Å². The maximum Gasteiger partial charge on any atom is 0.409 e. The summed E-state index contributed by atoms with van der Waals surface area (Å²) >= 11 is 0. The first-order valence-corrected chi connectivity index (χ1v) is 7.93. The predicted octanol–water partition coefficient (Wildman–Crippen LogP) is 3.55. The Morgan fingerprint density at radius 2 is 1.75 bits per heavy atom. The minimum atomic E-state index is -0.153. The van der Waals surface area contributed by atoms with Crippen molar-refractivity contribution >= 4 is 6.09 Å². The second kappa shape index (κ2) is 6.79. The predicted molar refractivity (Wildman–Crippen MR) is 83.0 cm³/mol. The lowest BCUT2D eigenvalue weighted by Gasteiger charge is -2.49. The Morgan fingerprint density at radius 3 is 2.20 bits per heavy atom. The first-order valence-electron chi connectivity index (χ1n) is 7.93. The minimum absolute atomic E-state index is 0.0450. The number of ether oxygens (including phenoxy) is 1. The fraction of sp³-hybridized carbons (Fsp3) is 0.938. The molecule has 0 aromatic heterocycles. The molecule has 1 saturated heterocycles. The molecule has 1 amide bonds. The number of carbonyl (C=O) groups is 1. The molecule has 0 unspecified atom stereocenters. The number of hydrogen-bond donors (Lipinski definition) is 1. The molecule has 0 saturated carbocycles. The van der Waals surface area contributed by atoms with Crippen LogP contribution >= 0.6 is 0 Å². The Hall–Kier alpha value is -0.770. The molecule has 1 rings (SSSR count). The summed E-state index contributed by atoms with van der Waals surface area (Å²) in [5.74, 6) is 0. The van der Waals surface area contributed by atoms with Crippen molar-refractivity contribution in [3.8, 4) is 0 Å². The van der Waals surface area contributed by atoms with Crippen molar-refractivity contribution in [2.45, 2.75) is 84.3 Å². The summed E-state index contributed by atoms with van der Waals surface area (Å²) in [6.45, 7) is 14.1. The van der Waals surface area contributed by atoms with E-state index in [0.29, 0.717) is 6.61 Å². The lowest BCUT2D eigenvalue weighted by Crippen LogP contribution is -2.63. The Kier molecular flexibility index (Phi) is 5.87. The van der Waals surface area contributed by atoms with Gasteiger partial charge < -0.3 is 15.0 Å². The van der Waals surface area contributed by atoms with Crippen LogP contribution < -0.4 is 5.32 Å². The van der Waals surface area contributed by atoms with Gasteiger partial charge >= 0.3 is 6.09 Å². The van der Waals surface area contributed by atoms with E-state index in [1.165, 1.54) is 0 Å². The molecular weight excluding hydrogens is 252 g/mol. The molecule has 1 N–H and O–H groups in total. The lowest BCUT2D eigenvalue weighted by atomic mass is 9.79. The monoisotopic (exact) mass is 284 g/mol. The van der Waals surface area contributed by atoms with Gasteiger partial charge in [-0.1, -0.05) is 13.3 Å². The number of amides is 1. The summed E-state index contributed by atoms with van der Waals surface area (Å²) < 4.78 is 5.26. The largest absolute Gasteiger partial charge is 0.450 e. The van der Waals surface area contributed by atoms with E-state index < -0.39 is 0 Å². The van der Waals surface area contributed by atoms with Crippen molar-refractivity contribution in [3.63, 3.8) is 0 Å². The van der Waals surface area contributed by atoms with Gasteiger partial charge in [0.15, 0.2) is 0 Å². The van der Waals surface area contributed by atoms with Gasteiger partial charge in [0.05, 0.1) is 6.61 Å². The van der Waals surface area contributed by atoms with Gasteiger partial charge in [-0.25, -0.2) is 4.79 Å². The van der Waals surface area contributed by atoms with E-state index in [2.05, 4.69) is 39.9 Å². The summed E-state index contributed by atoms with van der Waals surface area (Å²) in [5, 5.41) is 3.67. The second-order valence-electron chi connectivity index (χ2n) is 7.20. The van der Waals surface area contributed by atoms with Crippen LogP contribution in [0.4, 0.5) is 4.79 Å². The van der Waals surface area contributed by atoms with Crippen LogP contribution in [-0.2, 0) is 4.74 Å². The molecule has 4 heteroatoms. The Morgan fingerprint density at radius 1 is 1.20 bits per heavy atom. The number of nitrogens with one attached hydrogen (secondary N) is 1. The maximum atomic E-state index is 12.3. The highest BCUT2D eigenvalue weighted by Crippen LogP contribution is 2.32. The van der Waals surface area contributed by atoms with Gasteiger partial charge in [0.1, 0.15) is 0 Å². The first kappa shape index (κ1) is 17.3.